The van der Waals surface area contributed by atoms with Gasteiger partial charge in [0.05, 0.1) is 6.54 Å². The van der Waals surface area contributed by atoms with E-state index in [4.69, 9.17) is 4.99 Å². The molecule has 3 fully saturated rings. The molecule has 5 nitrogen and oxygen atoms in total. The van der Waals surface area contributed by atoms with E-state index in [-0.39, 0.29) is 24.0 Å². The topological polar surface area (TPSA) is 42.9 Å². The normalized spacial score (nSPS) is 29.1. The molecule has 25 heavy (non-hydrogen) atoms. The third-order valence-corrected chi connectivity index (χ3v) is 6.11. The zero-order valence-electron chi connectivity index (χ0n) is 16.2. The Morgan fingerprint density at radius 2 is 1.84 bits per heavy atom. The molecule has 146 valence electrons. The van der Waals surface area contributed by atoms with Crippen molar-refractivity contribution in [3.05, 3.63) is 0 Å². The Morgan fingerprint density at radius 3 is 2.56 bits per heavy atom. The van der Waals surface area contributed by atoms with Crippen LogP contribution in [0.2, 0.25) is 0 Å². The van der Waals surface area contributed by atoms with Crippen LogP contribution in [0.1, 0.15) is 58.8 Å². The lowest BCUT2D eigenvalue weighted by Gasteiger charge is -2.24. The van der Waals surface area contributed by atoms with Crippen LogP contribution in [0.4, 0.5) is 0 Å². The number of guanidine groups is 1. The highest BCUT2D eigenvalue weighted by atomic mass is 127. The van der Waals surface area contributed by atoms with Gasteiger partial charge in [0.15, 0.2) is 5.96 Å². The van der Waals surface area contributed by atoms with E-state index < -0.39 is 0 Å². The molecule has 2 heterocycles. The highest BCUT2D eigenvalue weighted by Crippen LogP contribution is 2.26. The van der Waals surface area contributed by atoms with Crippen molar-refractivity contribution >= 4 is 29.9 Å². The summed E-state index contributed by atoms with van der Waals surface area (Å²) in [6, 6.07) is 2.06. The maximum atomic E-state index is 4.91. The minimum absolute atomic E-state index is 0. The molecule has 1 saturated carbocycles. The number of likely N-dealkylation sites (N-methyl/N-ethyl adjacent to an activating group) is 1. The van der Waals surface area contributed by atoms with Crippen LogP contribution < -0.4 is 10.6 Å². The van der Waals surface area contributed by atoms with Crippen LogP contribution in [0, 0.1) is 0 Å². The second kappa shape index (κ2) is 10.9. The molecule has 2 unspecified atom stereocenters. The van der Waals surface area contributed by atoms with Crippen LogP contribution in [0.5, 0.6) is 0 Å². The zero-order chi connectivity index (χ0) is 16.8. The van der Waals surface area contributed by atoms with Gasteiger partial charge in [-0.25, -0.2) is 0 Å². The van der Waals surface area contributed by atoms with Gasteiger partial charge in [-0.3, -0.25) is 14.8 Å². The summed E-state index contributed by atoms with van der Waals surface area (Å²) in [7, 11) is 0. The third kappa shape index (κ3) is 5.96. The molecule has 0 radical (unpaired) electrons. The summed E-state index contributed by atoms with van der Waals surface area (Å²) >= 11 is 0. The second-order valence-corrected chi connectivity index (χ2v) is 7.71. The molecule has 3 rings (SSSR count). The van der Waals surface area contributed by atoms with Crippen molar-refractivity contribution < 1.29 is 0 Å². The molecule has 0 spiro atoms. The average molecular weight is 463 g/mol. The Hall–Kier alpha value is -0.0800. The van der Waals surface area contributed by atoms with Crippen molar-refractivity contribution in [1.82, 2.24) is 20.4 Å². The van der Waals surface area contributed by atoms with E-state index >= 15 is 0 Å². The molecule has 2 saturated heterocycles. The Balaban J connectivity index is 0.00000225. The van der Waals surface area contributed by atoms with Crippen molar-refractivity contribution in [2.75, 3.05) is 39.3 Å². The first-order valence-electron chi connectivity index (χ1n) is 10.3. The summed E-state index contributed by atoms with van der Waals surface area (Å²) in [4.78, 5) is 10.2. The van der Waals surface area contributed by atoms with Crippen LogP contribution in [0.3, 0.4) is 0 Å². The van der Waals surface area contributed by atoms with Crippen molar-refractivity contribution in [2.24, 2.45) is 4.99 Å². The molecule has 0 aromatic rings. The van der Waals surface area contributed by atoms with Gasteiger partial charge in [-0.15, -0.1) is 24.0 Å². The predicted octanol–water partition coefficient (Wildman–Crippen LogP) is 2.66. The summed E-state index contributed by atoms with van der Waals surface area (Å²) in [5, 5.41) is 7.16. The van der Waals surface area contributed by atoms with Gasteiger partial charge in [-0.1, -0.05) is 19.8 Å². The molecule has 2 atom stereocenters. The minimum atomic E-state index is 0. The molecule has 0 aromatic heterocycles. The molecular weight excluding hydrogens is 425 g/mol. The Morgan fingerprint density at radius 1 is 1.04 bits per heavy atom. The molecule has 1 aliphatic carbocycles. The summed E-state index contributed by atoms with van der Waals surface area (Å²) in [6.45, 7) is 11.2. The van der Waals surface area contributed by atoms with Gasteiger partial charge in [0, 0.05) is 37.8 Å². The van der Waals surface area contributed by atoms with E-state index in [1.54, 1.807) is 0 Å². The first-order chi connectivity index (χ1) is 11.8. The molecule has 2 aliphatic heterocycles. The van der Waals surface area contributed by atoms with E-state index in [2.05, 4.69) is 34.3 Å². The lowest BCUT2D eigenvalue weighted by Crippen LogP contribution is -2.46. The average Bonchev–Trinajstić information content (AvgIpc) is 3.33. The Kier molecular flexibility index (Phi) is 9.27. The molecule has 6 heteroatoms. The van der Waals surface area contributed by atoms with Crippen molar-refractivity contribution in [3.8, 4) is 0 Å². The van der Waals surface area contributed by atoms with Crippen molar-refractivity contribution in [2.45, 2.75) is 76.9 Å². The van der Waals surface area contributed by atoms with E-state index in [1.807, 2.05) is 0 Å². The highest BCUT2D eigenvalue weighted by molar-refractivity contribution is 14.0. The predicted molar refractivity (Wildman–Crippen MR) is 117 cm³/mol. The van der Waals surface area contributed by atoms with Crippen LogP contribution in [0.15, 0.2) is 4.99 Å². The number of rotatable bonds is 6. The van der Waals surface area contributed by atoms with E-state index in [9.17, 15) is 0 Å². The maximum absolute atomic E-state index is 4.91. The fourth-order valence-corrected chi connectivity index (χ4v) is 4.73. The number of nitrogens with one attached hydrogen (secondary N) is 2. The van der Waals surface area contributed by atoms with Crippen LogP contribution in [-0.2, 0) is 0 Å². The van der Waals surface area contributed by atoms with Crippen LogP contribution in [0.25, 0.3) is 0 Å². The standard InChI is InChI=1S/C19H37N5.HI/c1-3-20-19(21-14-18-10-7-12-23(18)4-2)22-16-11-13-24(15-16)17-8-5-6-9-17;/h16-18H,3-15H2,1-2H3,(H2,20,21,22);1H. The van der Waals surface area contributed by atoms with Crippen LogP contribution in [-0.4, -0.2) is 73.2 Å². The lowest BCUT2D eigenvalue weighted by molar-refractivity contribution is 0.242. The number of nitrogens with zero attached hydrogens (tertiary/aromatic N) is 3. The molecule has 3 aliphatic rings. The molecule has 0 amide bonds. The fourth-order valence-electron chi connectivity index (χ4n) is 4.73. The summed E-state index contributed by atoms with van der Waals surface area (Å²) in [5.74, 6) is 1.03. The van der Waals surface area contributed by atoms with Crippen molar-refractivity contribution in [1.29, 1.82) is 0 Å². The fraction of sp³-hybridized carbons (Fsp3) is 0.947. The number of hydrogen-bond donors (Lipinski definition) is 2. The highest BCUT2D eigenvalue weighted by Gasteiger charge is 2.30. The molecule has 0 aromatic carbocycles. The lowest BCUT2D eigenvalue weighted by atomic mass is 10.2. The van der Waals surface area contributed by atoms with Gasteiger partial charge in [0.2, 0.25) is 0 Å². The van der Waals surface area contributed by atoms with Crippen molar-refractivity contribution in [3.63, 3.8) is 0 Å². The molecule has 2 N–H and O–H groups in total. The quantitative estimate of drug-likeness (QED) is 0.361. The van der Waals surface area contributed by atoms with E-state index in [0.29, 0.717) is 12.1 Å². The van der Waals surface area contributed by atoms with E-state index in [1.165, 1.54) is 64.6 Å². The second-order valence-electron chi connectivity index (χ2n) is 7.71. The smallest absolute Gasteiger partial charge is 0.191 e. The monoisotopic (exact) mass is 463 g/mol. The number of hydrogen-bond acceptors (Lipinski definition) is 3. The third-order valence-electron chi connectivity index (χ3n) is 6.11. The SMILES string of the molecule is CCNC(=NCC1CCCN1CC)NC1CCN(C2CCCC2)C1.I. The minimum Gasteiger partial charge on any atom is -0.357 e. The van der Waals surface area contributed by atoms with Gasteiger partial charge in [-0.05, 0) is 52.1 Å². The Bertz CT molecular complexity index is 411. The first kappa shape index (κ1) is 21.2. The van der Waals surface area contributed by atoms with Gasteiger partial charge >= 0.3 is 0 Å². The van der Waals surface area contributed by atoms with Gasteiger partial charge in [-0.2, -0.15) is 0 Å². The largest absolute Gasteiger partial charge is 0.357 e. The zero-order valence-corrected chi connectivity index (χ0v) is 18.5. The van der Waals surface area contributed by atoms with Gasteiger partial charge < -0.3 is 10.6 Å². The summed E-state index contributed by atoms with van der Waals surface area (Å²) in [6.07, 6.45) is 9.57. The van der Waals surface area contributed by atoms with Gasteiger partial charge in [0.1, 0.15) is 0 Å². The molecular formula is C19H38IN5. The molecule has 0 bridgehead atoms. The Labute approximate surface area is 171 Å². The van der Waals surface area contributed by atoms with Crippen LogP contribution >= 0.6 is 24.0 Å². The maximum Gasteiger partial charge on any atom is 0.191 e. The van der Waals surface area contributed by atoms with Gasteiger partial charge in [0.25, 0.3) is 0 Å². The number of likely N-dealkylation sites (tertiary alicyclic amines) is 2. The first-order valence-corrected chi connectivity index (χ1v) is 10.3. The summed E-state index contributed by atoms with van der Waals surface area (Å²) in [5.41, 5.74) is 0. The number of halogens is 1. The summed E-state index contributed by atoms with van der Waals surface area (Å²) < 4.78 is 0. The number of aliphatic imine (C=N–C) groups is 1. The van der Waals surface area contributed by atoms with E-state index in [0.717, 1.165) is 31.6 Å².